The van der Waals surface area contributed by atoms with Gasteiger partial charge < -0.3 is 9.73 Å². The van der Waals surface area contributed by atoms with Gasteiger partial charge in [-0.3, -0.25) is 14.2 Å². The zero-order valence-electron chi connectivity index (χ0n) is 15.3. The maximum Gasteiger partial charge on any atom is 0.297 e. The van der Waals surface area contributed by atoms with Gasteiger partial charge in [0.05, 0.1) is 12.4 Å². The van der Waals surface area contributed by atoms with Crippen LogP contribution in [0, 0.1) is 13.8 Å². The summed E-state index contributed by atoms with van der Waals surface area (Å²) in [7, 11) is 0. The van der Waals surface area contributed by atoms with Crippen molar-refractivity contribution in [3.8, 4) is 0 Å². The Labute approximate surface area is 159 Å². The zero-order valence-corrected chi connectivity index (χ0v) is 16.1. The number of hydrogen-bond donors (Lipinski definition) is 1. The van der Waals surface area contributed by atoms with E-state index in [0.29, 0.717) is 11.1 Å². The van der Waals surface area contributed by atoms with Gasteiger partial charge in [-0.2, -0.15) is 0 Å². The third-order valence-electron chi connectivity index (χ3n) is 4.59. The highest BCUT2D eigenvalue weighted by Crippen LogP contribution is 2.26. The minimum Gasteiger partial charge on any atom is -0.448 e. The number of carbonyl (C=O) groups is 1. The number of thiophene rings is 1. The van der Waals surface area contributed by atoms with Crippen molar-refractivity contribution in [2.24, 2.45) is 0 Å². The predicted molar refractivity (Wildman–Crippen MR) is 106 cm³/mol. The molecule has 0 saturated heterocycles. The number of aromatic nitrogens is 2. The lowest BCUT2D eigenvalue weighted by Gasteiger charge is -2.14. The van der Waals surface area contributed by atoms with E-state index in [4.69, 9.17) is 4.42 Å². The first-order valence-corrected chi connectivity index (χ1v) is 9.48. The van der Waals surface area contributed by atoms with Crippen molar-refractivity contribution in [2.45, 2.75) is 33.4 Å². The molecule has 0 fully saturated rings. The van der Waals surface area contributed by atoms with Crippen molar-refractivity contribution in [3.05, 3.63) is 62.3 Å². The maximum absolute atomic E-state index is 12.7. The van der Waals surface area contributed by atoms with Crippen LogP contribution < -0.4 is 10.9 Å². The smallest absolute Gasteiger partial charge is 0.297 e. The van der Waals surface area contributed by atoms with E-state index in [-0.39, 0.29) is 29.6 Å². The van der Waals surface area contributed by atoms with Crippen LogP contribution in [0.1, 0.15) is 28.3 Å². The number of nitrogens with one attached hydrogen (secondary N) is 1. The summed E-state index contributed by atoms with van der Waals surface area (Å²) < 4.78 is 6.92. The summed E-state index contributed by atoms with van der Waals surface area (Å²) in [6.07, 6.45) is 1.40. The molecule has 4 rings (SSSR count). The number of nitrogens with zero attached hydrogens (tertiary/aromatic N) is 2. The van der Waals surface area contributed by atoms with Crippen LogP contribution in [0.4, 0.5) is 0 Å². The molecular weight excluding hydrogens is 362 g/mol. The van der Waals surface area contributed by atoms with Gasteiger partial charge in [0.2, 0.25) is 11.5 Å². The summed E-state index contributed by atoms with van der Waals surface area (Å²) in [4.78, 5) is 31.9. The minimum atomic E-state index is -0.360. The molecule has 1 aromatic carbocycles. The van der Waals surface area contributed by atoms with Crippen molar-refractivity contribution in [2.75, 3.05) is 0 Å². The molecule has 1 N–H and O–H groups in total. The molecule has 0 unspecified atom stereocenters. The molecule has 1 atom stereocenters. The van der Waals surface area contributed by atoms with Crippen molar-refractivity contribution < 1.29 is 9.21 Å². The molecule has 4 aromatic rings. The molecular formula is C20H19N3O3S. The number of benzene rings is 1. The van der Waals surface area contributed by atoms with Gasteiger partial charge in [-0.1, -0.05) is 12.1 Å². The Morgan fingerprint density at radius 3 is 2.85 bits per heavy atom. The van der Waals surface area contributed by atoms with E-state index in [9.17, 15) is 9.59 Å². The predicted octanol–water partition coefficient (Wildman–Crippen LogP) is 3.70. The Hall–Kier alpha value is -2.93. The highest BCUT2D eigenvalue weighted by atomic mass is 32.1. The van der Waals surface area contributed by atoms with Gasteiger partial charge in [-0.15, -0.1) is 11.3 Å². The normalized spacial score (nSPS) is 12.6. The number of rotatable bonds is 4. The number of aryl methyl sites for hydroxylation is 2. The number of amides is 1. The van der Waals surface area contributed by atoms with Crippen LogP contribution in [-0.4, -0.2) is 15.5 Å². The highest BCUT2D eigenvalue weighted by molar-refractivity contribution is 7.12. The fraction of sp³-hybridized carbons (Fsp3) is 0.250. The SMILES string of the molecule is Cc1cc([C@H](C)NC(=O)Cn2cnc3c(oc4ccccc43)c2=O)c(C)s1. The zero-order chi connectivity index (χ0) is 19.1. The van der Waals surface area contributed by atoms with E-state index in [2.05, 4.69) is 16.4 Å². The number of para-hydroxylation sites is 1. The van der Waals surface area contributed by atoms with E-state index < -0.39 is 0 Å². The quantitative estimate of drug-likeness (QED) is 0.585. The average Bonchev–Trinajstić information content (AvgIpc) is 3.17. The second-order valence-electron chi connectivity index (χ2n) is 6.61. The van der Waals surface area contributed by atoms with Crippen LogP contribution in [0.5, 0.6) is 0 Å². The molecule has 0 spiro atoms. The molecule has 138 valence electrons. The first kappa shape index (κ1) is 17.5. The molecule has 3 aromatic heterocycles. The maximum atomic E-state index is 12.7. The molecule has 3 heterocycles. The van der Waals surface area contributed by atoms with Crippen LogP contribution in [0.3, 0.4) is 0 Å². The number of carbonyl (C=O) groups excluding carboxylic acids is 1. The van der Waals surface area contributed by atoms with Crippen molar-refractivity contribution in [1.29, 1.82) is 0 Å². The van der Waals surface area contributed by atoms with Crippen molar-refractivity contribution in [3.63, 3.8) is 0 Å². The molecule has 0 saturated carbocycles. The third kappa shape index (κ3) is 3.14. The highest BCUT2D eigenvalue weighted by Gasteiger charge is 2.17. The lowest BCUT2D eigenvalue weighted by molar-refractivity contribution is -0.122. The summed E-state index contributed by atoms with van der Waals surface area (Å²) in [5, 5.41) is 3.74. The van der Waals surface area contributed by atoms with E-state index in [1.807, 2.05) is 39.0 Å². The molecule has 1 amide bonds. The van der Waals surface area contributed by atoms with Crippen LogP contribution in [0.2, 0.25) is 0 Å². The molecule has 27 heavy (non-hydrogen) atoms. The van der Waals surface area contributed by atoms with Gasteiger partial charge in [0, 0.05) is 15.1 Å². The molecule has 0 radical (unpaired) electrons. The molecule has 0 aliphatic heterocycles. The van der Waals surface area contributed by atoms with Gasteiger partial charge in [0.25, 0.3) is 5.56 Å². The molecule has 0 bridgehead atoms. The fourth-order valence-electron chi connectivity index (χ4n) is 3.33. The lowest BCUT2D eigenvalue weighted by Crippen LogP contribution is -2.33. The van der Waals surface area contributed by atoms with Gasteiger partial charge >= 0.3 is 0 Å². The third-order valence-corrected chi connectivity index (χ3v) is 5.57. The first-order valence-electron chi connectivity index (χ1n) is 8.67. The summed E-state index contributed by atoms with van der Waals surface area (Å²) in [5.41, 5.74) is 2.04. The van der Waals surface area contributed by atoms with Crippen LogP contribution in [0.25, 0.3) is 22.1 Å². The van der Waals surface area contributed by atoms with Crippen molar-refractivity contribution in [1.82, 2.24) is 14.9 Å². The number of furan rings is 1. The van der Waals surface area contributed by atoms with Crippen LogP contribution in [0.15, 0.2) is 45.9 Å². The van der Waals surface area contributed by atoms with E-state index in [1.165, 1.54) is 20.6 Å². The van der Waals surface area contributed by atoms with Crippen LogP contribution in [-0.2, 0) is 11.3 Å². The second-order valence-corrected chi connectivity index (χ2v) is 8.07. The Morgan fingerprint density at radius 1 is 1.33 bits per heavy atom. The summed E-state index contributed by atoms with van der Waals surface area (Å²) >= 11 is 1.71. The standard InChI is InChI=1S/C20H19N3O3S/c1-11-8-15(13(3)27-11)12(2)22-17(24)9-23-10-21-18-14-6-4-5-7-16(14)26-19(18)20(23)25/h4-8,10,12H,9H2,1-3H3,(H,22,24)/t12-/m0/s1. The Morgan fingerprint density at radius 2 is 2.11 bits per heavy atom. The summed E-state index contributed by atoms with van der Waals surface area (Å²) in [5.74, 6) is -0.245. The Balaban J connectivity index is 1.58. The Kier molecular flexibility index (Phi) is 4.31. The van der Waals surface area contributed by atoms with E-state index in [0.717, 1.165) is 10.9 Å². The number of fused-ring (bicyclic) bond motifs is 3. The largest absolute Gasteiger partial charge is 0.448 e. The van der Waals surface area contributed by atoms with E-state index in [1.54, 1.807) is 17.4 Å². The summed E-state index contributed by atoms with van der Waals surface area (Å²) in [6.45, 7) is 5.92. The molecule has 0 aliphatic rings. The van der Waals surface area contributed by atoms with Gasteiger partial charge in [0.1, 0.15) is 17.6 Å². The lowest BCUT2D eigenvalue weighted by atomic mass is 10.1. The van der Waals surface area contributed by atoms with Gasteiger partial charge in [0.15, 0.2) is 0 Å². The Bertz CT molecular complexity index is 1220. The van der Waals surface area contributed by atoms with Crippen molar-refractivity contribution >= 4 is 39.3 Å². The minimum absolute atomic E-state index is 0.106. The molecule has 0 aliphatic carbocycles. The fourth-order valence-corrected chi connectivity index (χ4v) is 4.35. The average molecular weight is 381 g/mol. The molecule has 6 nitrogen and oxygen atoms in total. The monoisotopic (exact) mass is 381 g/mol. The topological polar surface area (TPSA) is 77.1 Å². The van der Waals surface area contributed by atoms with Gasteiger partial charge in [-0.05, 0) is 44.5 Å². The van der Waals surface area contributed by atoms with Crippen LogP contribution >= 0.6 is 11.3 Å². The first-order chi connectivity index (χ1) is 12.9. The number of hydrogen-bond acceptors (Lipinski definition) is 5. The van der Waals surface area contributed by atoms with Gasteiger partial charge in [-0.25, -0.2) is 4.98 Å². The summed E-state index contributed by atoms with van der Waals surface area (Å²) in [6, 6.07) is 9.32. The van der Waals surface area contributed by atoms with E-state index >= 15 is 0 Å². The second kappa shape index (κ2) is 6.66. The molecule has 7 heteroatoms.